The molecule has 0 aliphatic carbocycles. The predicted molar refractivity (Wildman–Crippen MR) is 85.7 cm³/mol. The Hall–Kier alpha value is -2.90. The molecule has 25 heavy (non-hydrogen) atoms. The molecule has 0 bridgehead atoms. The molecule has 2 N–H and O–H groups in total. The first kappa shape index (κ1) is 18.4. The van der Waals surface area contributed by atoms with E-state index in [0.717, 1.165) is 12.5 Å². The van der Waals surface area contributed by atoms with Crippen LogP contribution in [0.2, 0.25) is 0 Å². The van der Waals surface area contributed by atoms with Crippen LogP contribution in [0.25, 0.3) is 0 Å². The van der Waals surface area contributed by atoms with E-state index < -0.39 is 35.0 Å². The summed E-state index contributed by atoms with van der Waals surface area (Å²) in [5, 5.41) is 4.84. The molecule has 1 heterocycles. The number of nitrogens with zero attached hydrogens (tertiary/aromatic N) is 1. The fourth-order valence-electron chi connectivity index (χ4n) is 1.91. The summed E-state index contributed by atoms with van der Waals surface area (Å²) in [5.41, 5.74) is -0.391. The molecule has 0 aliphatic rings. The van der Waals surface area contributed by atoms with E-state index >= 15 is 0 Å². The van der Waals surface area contributed by atoms with E-state index in [0.29, 0.717) is 6.07 Å². The van der Waals surface area contributed by atoms with Gasteiger partial charge in [0.25, 0.3) is 11.8 Å². The maximum absolute atomic E-state index is 13.6. The van der Waals surface area contributed by atoms with Gasteiger partial charge in [-0.05, 0) is 31.5 Å². The van der Waals surface area contributed by atoms with Gasteiger partial charge in [-0.3, -0.25) is 14.6 Å². The third kappa shape index (κ3) is 4.34. The van der Waals surface area contributed by atoms with Gasteiger partial charge in [0.1, 0.15) is 0 Å². The highest BCUT2D eigenvalue weighted by Gasteiger charge is 2.17. The third-order valence-corrected chi connectivity index (χ3v) is 3.54. The number of amides is 2. The number of pyridine rings is 1. The Morgan fingerprint density at radius 3 is 2.36 bits per heavy atom. The lowest BCUT2D eigenvalue weighted by atomic mass is 10.1. The molecule has 0 radical (unpaired) electrons. The van der Waals surface area contributed by atoms with Crippen molar-refractivity contribution >= 4 is 17.5 Å². The molecule has 0 aliphatic heterocycles. The number of carbonyl (C=O) groups is 2. The van der Waals surface area contributed by atoms with Gasteiger partial charge in [-0.15, -0.1) is 0 Å². The molecule has 1 aromatic carbocycles. The minimum Gasteiger partial charge on any atom is -0.350 e. The second-order valence-electron chi connectivity index (χ2n) is 5.42. The average molecular weight is 351 g/mol. The van der Waals surface area contributed by atoms with Crippen molar-refractivity contribution in [3.63, 3.8) is 0 Å². The molecule has 1 unspecified atom stereocenters. The van der Waals surface area contributed by atoms with Gasteiger partial charge in [0.2, 0.25) is 0 Å². The van der Waals surface area contributed by atoms with Gasteiger partial charge < -0.3 is 10.6 Å². The maximum atomic E-state index is 13.6. The molecule has 132 valence electrons. The van der Waals surface area contributed by atoms with Crippen LogP contribution in [0.1, 0.15) is 41.0 Å². The lowest BCUT2D eigenvalue weighted by molar-refractivity contribution is 0.0939. The summed E-state index contributed by atoms with van der Waals surface area (Å²) in [6.07, 6.45) is 3.19. The average Bonchev–Trinajstić information content (AvgIpc) is 2.62. The van der Waals surface area contributed by atoms with Crippen LogP contribution < -0.4 is 10.6 Å². The minimum absolute atomic E-state index is 0.0269. The maximum Gasteiger partial charge on any atom is 0.257 e. The first-order valence-electron chi connectivity index (χ1n) is 7.54. The van der Waals surface area contributed by atoms with Gasteiger partial charge in [-0.25, -0.2) is 13.2 Å². The number of halogens is 3. The van der Waals surface area contributed by atoms with E-state index in [2.05, 4.69) is 15.6 Å². The van der Waals surface area contributed by atoms with Crippen LogP contribution in [0.4, 0.5) is 18.9 Å². The van der Waals surface area contributed by atoms with Crippen molar-refractivity contribution in [2.75, 3.05) is 5.32 Å². The van der Waals surface area contributed by atoms with Gasteiger partial charge in [-0.1, -0.05) is 6.92 Å². The van der Waals surface area contributed by atoms with Gasteiger partial charge in [0, 0.05) is 18.4 Å². The van der Waals surface area contributed by atoms with Crippen molar-refractivity contribution in [2.45, 2.75) is 26.3 Å². The van der Waals surface area contributed by atoms with Crippen LogP contribution >= 0.6 is 0 Å². The van der Waals surface area contributed by atoms with Crippen LogP contribution in [-0.4, -0.2) is 22.8 Å². The number of nitrogens with one attached hydrogen (secondary N) is 2. The fraction of sp³-hybridized carbons (Fsp3) is 0.235. The first-order chi connectivity index (χ1) is 11.8. The summed E-state index contributed by atoms with van der Waals surface area (Å²) in [7, 11) is 0. The largest absolute Gasteiger partial charge is 0.350 e. The monoisotopic (exact) mass is 351 g/mol. The Bertz CT molecular complexity index is 812. The number of carbonyl (C=O) groups excluding carboxylic acids is 2. The normalized spacial score (nSPS) is 11.7. The molecule has 2 aromatic rings. The first-order valence-corrected chi connectivity index (χ1v) is 7.54. The molecular weight excluding hydrogens is 335 g/mol. The predicted octanol–water partition coefficient (Wildman–Crippen LogP) is 3.28. The van der Waals surface area contributed by atoms with Crippen LogP contribution in [0.5, 0.6) is 0 Å². The quantitative estimate of drug-likeness (QED) is 0.812. The fourth-order valence-corrected chi connectivity index (χ4v) is 1.91. The highest BCUT2D eigenvalue weighted by atomic mass is 19.2. The van der Waals surface area contributed by atoms with Crippen molar-refractivity contribution in [1.29, 1.82) is 0 Å². The number of rotatable bonds is 5. The summed E-state index contributed by atoms with van der Waals surface area (Å²) < 4.78 is 39.7. The summed E-state index contributed by atoms with van der Waals surface area (Å²) in [6.45, 7) is 3.73. The van der Waals surface area contributed by atoms with Crippen LogP contribution in [0.15, 0.2) is 30.6 Å². The summed E-state index contributed by atoms with van der Waals surface area (Å²) in [6, 6.07) is 2.82. The summed E-state index contributed by atoms with van der Waals surface area (Å²) >= 11 is 0. The molecule has 0 fully saturated rings. The third-order valence-electron chi connectivity index (χ3n) is 3.54. The summed E-state index contributed by atoms with van der Waals surface area (Å²) in [4.78, 5) is 28.0. The molecule has 0 saturated heterocycles. The van der Waals surface area contributed by atoms with Crippen molar-refractivity contribution in [3.05, 3.63) is 59.2 Å². The number of aromatic nitrogens is 1. The van der Waals surface area contributed by atoms with Crippen molar-refractivity contribution in [2.24, 2.45) is 0 Å². The van der Waals surface area contributed by atoms with Crippen molar-refractivity contribution in [3.8, 4) is 0 Å². The van der Waals surface area contributed by atoms with E-state index in [-0.39, 0.29) is 17.2 Å². The van der Waals surface area contributed by atoms with E-state index in [1.165, 1.54) is 18.5 Å². The van der Waals surface area contributed by atoms with Crippen molar-refractivity contribution in [1.82, 2.24) is 10.3 Å². The molecule has 0 saturated carbocycles. The van der Waals surface area contributed by atoms with Gasteiger partial charge in [0.15, 0.2) is 17.5 Å². The summed E-state index contributed by atoms with van der Waals surface area (Å²) in [5.74, 6) is -5.77. The zero-order chi connectivity index (χ0) is 18.6. The Balaban J connectivity index is 2.19. The van der Waals surface area contributed by atoms with Gasteiger partial charge in [-0.2, -0.15) is 0 Å². The second-order valence-corrected chi connectivity index (χ2v) is 5.42. The molecule has 1 aromatic heterocycles. The van der Waals surface area contributed by atoms with E-state index in [1.54, 1.807) is 0 Å². The molecular formula is C17H16F3N3O2. The van der Waals surface area contributed by atoms with Gasteiger partial charge in [0.05, 0.1) is 16.8 Å². The van der Waals surface area contributed by atoms with Crippen LogP contribution in [0.3, 0.4) is 0 Å². The lowest BCUT2D eigenvalue weighted by Crippen LogP contribution is -2.32. The Kier molecular flexibility index (Phi) is 5.74. The highest BCUT2D eigenvalue weighted by Crippen LogP contribution is 2.20. The number of benzene rings is 1. The van der Waals surface area contributed by atoms with Crippen LogP contribution in [0, 0.1) is 17.5 Å². The van der Waals surface area contributed by atoms with E-state index in [4.69, 9.17) is 0 Å². The highest BCUT2D eigenvalue weighted by molar-refractivity contribution is 6.05. The Morgan fingerprint density at radius 2 is 1.72 bits per heavy atom. The Labute approximate surface area is 142 Å². The molecule has 2 rings (SSSR count). The number of hydrogen-bond acceptors (Lipinski definition) is 3. The topological polar surface area (TPSA) is 71.1 Å². The van der Waals surface area contributed by atoms with E-state index in [1.807, 2.05) is 13.8 Å². The molecule has 8 heteroatoms. The number of anilines is 1. The lowest BCUT2D eigenvalue weighted by Gasteiger charge is -2.12. The molecule has 1 atom stereocenters. The molecule has 5 nitrogen and oxygen atoms in total. The molecule has 0 spiro atoms. The standard InChI is InChI=1S/C17H16F3N3O2/c1-3-9(2)22-16(24)10-6-11(8-21-7-10)17(25)23-13-5-4-12(18)14(19)15(13)20/h4-9H,3H2,1-2H3,(H,22,24)(H,23,25). The zero-order valence-corrected chi connectivity index (χ0v) is 13.6. The smallest absolute Gasteiger partial charge is 0.257 e. The Morgan fingerprint density at radius 1 is 1.08 bits per heavy atom. The second kappa shape index (κ2) is 7.78. The van der Waals surface area contributed by atoms with E-state index in [9.17, 15) is 22.8 Å². The SMILES string of the molecule is CCC(C)NC(=O)c1cncc(C(=O)Nc2ccc(F)c(F)c2F)c1. The number of hydrogen-bond donors (Lipinski definition) is 2. The minimum atomic E-state index is -1.68. The van der Waals surface area contributed by atoms with Crippen LogP contribution in [-0.2, 0) is 0 Å². The zero-order valence-electron chi connectivity index (χ0n) is 13.6. The molecule has 2 amide bonds. The van der Waals surface area contributed by atoms with Crippen molar-refractivity contribution < 1.29 is 22.8 Å². The van der Waals surface area contributed by atoms with Gasteiger partial charge >= 0.3 is 0 Å².